The molecule has 1 heterocycles. The summed E-state index contributed by atoms with van der Waals surface area (Å²) in [6.45, 7) is 5.55. The van der Waals surface area contributed by atoms with Crippen molar-refractivity contribution in [2.45, 2.75) is 82.5 Å². The summed E-state index contributed by atoms with van der Waals surface area (Å²) in [6, 6.07) is 16.8. The van der Waals surface area contributed by atoms with E-state index in [2.05, 4.69) is 50.2 Å². The Labute approximate surface area is 191 Å². The van der Waals surface area contributed by atoms with Crippen molar-refractivity contribution in [2.75, 3.05) is 13.2 Å². The van der Waals surface area contributed by atoms with Crippen LogP contribution in [0.25, 0.3) is 0 Å². The van der Waals surface area contributed by atoms with E-state index in [1.807, 2.05) is 12.1 Å². The van der Waals surface area contributed by atoms with Gasteiger partial charge in [0, 0.05) is 25.7 Å². The SMILES string of the molecule is Cc1cccc(C2(O)CCC3(CC2)OCCO3)c1.Cc1cccc(C2CCC(=O)CC2)c1. The van der Waals surface area contributed by atoms with Crippen LogP contribution in [0, 0.1) is 13.8 Å². The van der Waals surface area contributed by atoms with Gasteiger partial charge in [-0.1, -0.05) is 59.7 Å². The minimum atomic E-state index is -0.716. The highest BCUT2D eigenvalue weighted by Gasteiger charge is 2.46. The Morgan fingerprint density at radius 1 is 0.844 bits per heavy atom. The number of carbonyl (C=O) groups is 1. The molecule has 3 fully saturated rings. The third-order valence-electron chi connectivity index (χ3n) is 7.26. The number of hydrogen-bond donors (Lipinski definition) is 1. The second kappa shape index (κ2) is 9.86. The molecule has 2 aliphatic carbocycles. The minimum absolute atomic E-state index is 0.407. The van der Waals surface area contributed by atoms with Crippen molar-refractivity contribution in [3.8, 4) is 0 Å². The topological polar surface area (TPSA) is 55.8 Å². The average molecular weight is 437 g/mol. The highest BCUT2D eigenvalue weighted by atomic mass is 16.7. The lowest BCUT2D eigenvalue weighted by molar-refractivity contribution is -0.204. The zero-order valence-electron chi connectivity index (χ0n) is 19.4. The fraction of sp³-hybridized carbons (Fsp3) is 0.536. The first-order valence-electron chi connectivity index (χ1n) is 12.0. The molecule has 3 aliphatic rings. The number of aryl methyl sites for hydroxylation is 2. The lowest BCUT2D eigenvalue weighted by Gasteiger charge is -2.40. The van der Waals surface area contributed by atoms with Crippen molar-refractivity contribution in [2.24, 2.45) is 0 Å². The van der Waals surface area contributed by atoms with Crippen LogP contribution >= 0.6 is 0 Å². The Balaban J connectivity index is 0.000000158. The highest BCUT2D eigenvalue weighted by molar-refractivity contribution is 5.79. The number of hydrogen-bond acceptors (Lipinski definition) is 4. The molecule has 4 heteroatoms. The summed E-state index contributed by atoms with van der Waals surface area (Å²) in [7, 11) is 0. The number of benzene rings is 2. The normalized spacial score (nSPS) is 22.4. The number of aliphatic hydroxyl groups is 1. The maximum Gasteiger partial charge on any atom is 0.168 e. The Hall–Kier alpha value is -2.01. The molecule has 0 amide bonds. The molecule has 1 spiro atoms. The van der Waals surface area contributed by atoms with E-state index < -0.39 is 11.4 Å². The number of Topliss-reactive ketones (excluding diaryl/α,β-unsaturated/α-hetero) is 1. The van der Waals surface area contributed by atoms with Crippen LogP contribution in [0.5, 0.6) is 0 Å². The first-order chi connectivity index (χ1) is 15.4. The molecule has 0 unspecified atom stereocenters. The Kier molecular flexibility index (Phi) is 7.14. The fourth-order valence-electron chi connectivity index (χ4n) is 5.25. The first kappa shape index (κ1) is 23.2. The van der Waals surface area contributed by atoms with Gasteiger partial charge >= 0.3 is 0 Å². The molecule has 0 aromatic heterocycles. The fourth-order valence-corrected chi connectivity index (χ4v) is 5.25. The van der Waals surface area contributed by atoms with E-state index in [9.17, 15) is 9.90 Å². The second-order valence-corrected chi connectivity index (χ2v) is 9.74. The minimum Gasteiger partial charge on any atom is -0.385 e. The van der Waals surface area contributed by atoms with Gasteiger partial charge in [-0.3, -0.25) is 4.79 Å². The Morgan fingerprint density at radius 3 is 2.03 bits per heavy atom. The van der Waals surface area contributed by atoms with Gasteiger partial charge in [-0.05, 0) is 56.6 Å². The Morgan fingerprint density at radius 2 is 1.44 bits per heavy atom. The van der Waals surface area contributed by atoms with Gasteiger partial charge in [0.2, 0.25) is 0 Å². The standard InChI is InChI=1S/C15H20O3.C13H16O/c1-12-3-2-4-13(11-12)14(16)5-7-15(8-6-14)17-9-10-18-15;1-10-3-2-4-12(9-10)11-5-7-13(14)8-6-11/h2-4,11,16H,5-10H2,1H3;2-4,9,11H,5-8H2,1H3. The van der Waals surface area contributed by atoms with E-state index >= 15 is 0 Å². The van der Waals surface area contributed by atoms with Crippen LogP contribution in [0.2, 0.25) is 0 Å². The smallest absolute Gasteiger partial charge is 0.168 e. The van der Waals surface area contributed by atoms with Crippen LogP contribution in [0.1, 0.15) is 79.5 Å². The van der Waals surface area contributed by atoms with Gasteiger partial charge in [0.15, 0.2) is 5.79 Å². The summed E-state index contributed by atoms with van der Waals surface area (Å²) in [5, 5.41) is 10.8. The summed E-state index contributed by atoms with van der Waals surface area (Å²) < 4.78 is 11.4. The predicted molar refractivity (Wildman–Crippen MR) is 126 cm³/mol. The van der Waals surface area contributed by atoms with Gasteiger partial charge in [-0.25, -0.2) is 0 Å². The predicted octanol–water partition coefficient (Wildman–Crippen LogP) is 5.72. The molecule has 2 saturated carbocycles. The van der Waals surface area contributed by atoms with Crippen molar-refractivity contribution in [3.05, 3.63) is 70.8 Å². The van der Waals surface area contributed by atoms with Crippen molar-refractivity contribution in [3.63, 3.8) is 0 Å². The number of ketones is 1. The molecule has 172 valence electrons. The maximum absolute atomic E-state index is 11.1. The van der Waals surface area contributed by atoms with Gasteiger partial charge in [0.25, 0.3) is 0 Å². The monoisotopic (exact) mass is 436 g/mol. The average Bonchev–Trinajstić information content (AvgIpc) is 3.26. The summed E-state index contributed by atoms with van der Waals surface area (Å²) in [4.78, 5) is 11.1. The molecular weight excluding hydrogens is 400 g/mol. The van der Waals surface area contributed by atoms with Crippen molar-refractivity contribution in [1.29, 1.82) is 0 Å². The molecule has 0 radical (unpaired) electrons. The zero-order valence-corrected chi connectivity index (χ0v) is 19.4. The van der Waals surface area contributed by atoms with E-state index in [0.29, 0.717) is 37.8 Å². The maximum atomic E-state index is 11.1. The third-order valence-corrected chi connectivity index (χ3v) is 7.26. The molecular formula is C28H36O4. The quantitative estimate of drug-likeness (QED) is 0.654. The second-order valence-electron chi connectivity index (χ2n) is 9.74. The molecule has 0 atom stereocenters. The van der Waals surface area contributed by atoms with Gasteiger partial charge in [0.1, 0.15) is 5.78 Å². The van der Waals surface area contributed by atoms with Gasteiger partial charge < -0.3 is 14.6 Å². The van der Waals surface area contributed by atoms with Crippen molar-refractivity contribution >= 4 is 5.78 Å². The molecule has 1 saturated heterocycles. The molecule has 0 bridgehead atoms. The zero-order chi connectivity index (χ0) is 22.6. The molecule has 4 nitrogen and oxygen atoms in total. The first-order valence-corrected chi connectivity index (χ1v) is 12.0. The molecule has 32 heavy (non-hydrogen) atoms. The van der Waals surface area contributed by atoms with E-state index in [1.54, 1.807) is 0 Å². The molecule has 2 aromatic rings. The largest absolute Gasteiger partial charge is 0.385 e. The van der Waals surface area contributed by atoms with Crippen LogP contribution < -0.4 is 0 Å². The molecule has 1 aliphatic heterocycles. The van der Waals surface area contributed by atoms with Crippen LogP contribution in [0.3, 0.4) is 0 Å². The lowest BCUT2D eigenvalue weighted by atomic mass is 9.77. The van der Waals surface area contributed by atoms with Crippen molar-refractivity contribution < 1.29 is 19.4 Å². The van der Waals surface area contributed by atoms with Crippen LogP contribution in [-0.4, -0.2) is 29.9 Å². The molecule has 5 rings (SSSR count). The summed E-state index contributed by atoms with van der Waals surface area (Å²) in [5.74, 6) is 0.650. The number of ether oxygens (including phenoxy) is 2. The summed E-state index contributed by atoms with van der Waals surface area (Å²) in [6.07, 6.45) is 6.60. The van der Waals surface area contributed by atoms with E-state index in [-0.39, 0.29) is 0 Å². The number of rotatable bonds is 2. The van der Waals surface area contributed by atoms with Gasteiger partial charge in [-0.2, -0.15) is 0 Å². The van der Waals surface area contributed by atoms with Crippen molar-refractivity contribution in [1.82, 2.24) is 0 Å². The van der Waals surface area contributed by atoms with E-state index in [1.165, 1.54) is 16.7 Å². The van der Waals surface area contributed by atoms with Crippen LogP contribution in [0.4, 0.5) is 0 Å². The van der Waals surface area contributed by atoms with Gasteiger partial charge in [0.05, 0.1) is 18.8 Å². The summed E-state index contributed by atoms with van der Waals surface area (Å²) >= 11 is 0. The molecule has 2 aromatic carbocycles. The number of carbonyl (C=O) groups excluding carboxylic acids is 1. The summed E-state index contributed by atoms with van der Waals surface area (Å²) in [5.41, 5.74) is 4.23. The third kappa shape index (κ3) is 5.48. The van der Waals surface area contributed by atoms with E-state index in [4.69, 9.17) is 9.47 Å². The van der Waals surface area contributed by atoms with Crippen LogP contribution in [-0.2, 0) is 19.9 Å². The Bertz CT molecular complexity index is 909. The molecule has 1 N–H and O–H groups in total. The van der Waals surface area contributed by atoms with Crippen LogP contribution in [0.15, 0.2) is 48.5 Å². The van der Waals surface area contributed by atoms with Gasteiger partial charge in [-0.15, -0.1) is 0 Å². The highest BCUT2D eigenvalue weighted by Crippen LogP contribution is 2.44. The van der Waals surface area contributed by atoms with E-state index in [0.717, 1.165) is 44.1 Å². The lowest BCUT2D eigenvalue weighted by Crippen LogP contribution is -2.42.